The number of thioether (sulfide) groups is 1. The molecule has 0 aliphatic carbocycles. The van der Waals surface area contributed by atoms with Gasteiger partial charge >= 0.3 is 0 Å². The summed E-state index contributed by atoms with van der Waals surface area (Å²) < 4.78 is 0. The van der Waals surface area contributed by atoms with Gasteiger partial charge in [0, 0.05) is 10.5 Å². The maximum Gasteiger partial charge on any atom is 0.252 e. The van der Waals surface area contributed by atoms with Gasteiger partial charge in [0.2, 0.25) is 11.0 Å². The fraction of sp³-hybridized carbons (Fsp3) is 0.250. The normalized spacial score (nSPS) is 11.0. The van der Waals surface area contributed by atoms with Crippen molar-refractivity contribution in [3.63, 3.8) is 0 Å². The van der Waals surface area contributed by atoms with Crippen molar-refractivity contribution >= 4 is 28.7 Å². The fourth-order valence-electron chi connectivity index (χ4n) is 2.27. The molecule has 0 aliphatic rings. The smallest absolute Gasteiger partial charge is 0.252 e. The van der Waals surface area contributed by atoms with Crippen molar-refractivity contribution in [1.82, 2.24) is 5.32 Å². The van der Waals surface area contributed by atoms with Gasteiger partial charge < -0.3 is 11.1 Å². The highest BCUT2D eigenvalue weighted by Gasteiger charge is 2.17. The minimum absolute atomic E-state index is 0.0137. The van der Waals surface area contributed by atoms with E-state index in [-0.39, 0.29) is 17.1 Å². The number of nitrogens with two attached hydrogens (primary N) is 1. The topological polar surface area (TPSA) is 89.3 Å². The van der Waals surface area contributed by atoms with E-state index in [0.717, 1.165) is 17.3 Å². The van der Waals surface area contributed by atoms with E-state index in [0.29, 0.717) is 16.0 Å². The molecule has 0 heterocycles. The first-order chi connectivity index (χ1) is 12.2. The van der Waals surface area contributed by atoms with Crippen LogP contribution in [0.4, 0.5) is 0 Å². The van der Waals surface area contributed by atoms with Crippen LogP contribution in [0.25, 0.3) is 0 Å². The molecule has 0 bridgehead atoms. The molecule has 0 saturated carbocycles. The fourth-order valence-corrected chi connectivity index (χ4v) is 3.14. The van der Waals surface area contributed by atoms with Crippen LogP contribution in [-0.4, -0.2) is 23.5 Å². The third-order valence-electron chi connectivity index (χ3n) is 3.74. The van der Waals surface area contributed by atoms with Crippen molar-refractivity contribution in [3.05, 3.63) is 65.2 Å². The van der Waals surface area contributed by atoms with Crippen LogP contribution in [0.15, 0.2) is 53.4 Å². The highest BCUT2D eigenvalue weighted by atomic mass is 32.2. The van der Waals surface area contributed by atoms with E-state index in [2.05, 4.69) is 26.1 Å². The molecular weight excluding hydrogens is 348 g/mol. The molecule has 26 heavy (non-hydrogen) atoms. The van der Waals surface area contributed by atoms with Crippen LogP contribution >= 0.6 is 11.8 Å². The molecule has 5 nitrogen and oxygen atoms in total. The summed E-state index contributed by atoms with van der Waals surface area (Å²) in [5.74, 6) is -1.07. The maximum absolute atomic E-state index is 12.6. The number of nitrogens with one attached hydrogen (secondary N) is 1. The number of primary amides is 1. The lowest BCUT2D eigenvalue weighted by Crippen LogP contribution is -2.33. The number of carbonyl (C=O) groups is 3. The maximum atomic E-state index is 12.6. The SMILES string of the molecule is CC(C)(C)c1ccc(C(=O)Sc2ccccc2C(=O)NCC(N)=O)cc1. The van der Waals surface area contributed by atoms with Gasteiger partial charge in [0.05, 0.1) is 12.1 Å². The molecule has 6 heteroatoms. The zero-order chi connectivity index (χ0) is 19.3. The van der Waals surface area contributed by atoms with Crippen LogP contribution in [0.5, 0.6) is 0 Å². The van der Waals surface area contributed by atoms with Crippen LogP contribution in [0.2, 0.25) is 0 Å². The lowest BCUT2D eigenvalue weighted by Gasteiger charge is -2.19. The van der Waals surface area contributed by atoms with Gasteiger partial charge in [-0.3, -0.25) is 14.4 Å². The molecule has 0 unspecified atom stereocenters. The van der Waals surface area contributed by atoms with E-state index in [1.165, 1.54) is 0 Å². The Kier molecular flexibility index (Phi) is 6.21. The second kappa shape index (κ2) is 8.19. The minimum atomic E-state index is -0.626. The largest absolute Gasteiger partial charge is 0.368 e. The number of benzene rings is 2. The molecule has 0 spiro atoms. The van der Waals surface area contributed by atoms with Crippen molar-refractivity contribution < 1.29 is 14.4 Å². The Bertz CT molecular complexity index is 824. The van der Waals surface area contributed by atoms with Crippen LogP contribution in [0.3, 0.4) is 0 Å². The van der Waals surface area contributed by atoms with Crippen LogP contribution in [0, 0.1) is 0 Å². The van der Waals surface area contributed by atoms with Crippen molar-refractivity contribution in [2.45, 2.75) is 31.1 Å². The van der Waals surface area contributed by atoms with Crippen molar-refractivity contribution in [3.8, 4) is 0 Å². The predicted molar refractivity (Wildman–Crippen MR) is 103 cm³/mol. The number of hydrogen-bond acceptors (Lipinski definition) is 4. The molecule has 2 aromatic rings. The molecule has 136 valence electrons. The van der Waals surface area contributed by atoms with Crippen molar-refractivity contribution in [1.29, 1.82) is 0 Å². The number of amides is 2. The molecule has 0 radical (unpaired) electrons. The monoisotopic (exact) mass is 370 g/mol. The van der Waals surface area contributed by atoms with Gasteiger partial charge in [-0.15, -0.1) is 0 Å². The summed E-state index contributed by atoms with van der Waals surface area (Å²) in [7, 11) is 0. The van der Waals surface area contributed by atoms with Crippen molar-refractivity contribution in [2.24, 2.45) is 5.73 Å². The molecule has 2 aromatic carbocycles. The predicted octanol–water partition coefficient (Wildman–Crippen LogP) is 3.13. The molecule has 0 atom stereocenters. The Morgan fingerprint density at radius 3 is 2.19 bits per heavy atom. The van der Waals surface area contributed by atoms with E-state index < -0.39 is 11.8 Å². The number of hydrogen-bond donors (Lipinski definition) is 2. The highest BCUT2D eigenvalue weighted by Crippen LogP contribution is 2.28. The van der Waals surface area contributed by atoms with Gasteiger partial charge in [0.15, 0.2) is 0 Å². The van der Waals surface area contributed by atoms with Crippen LogP contribution in [0.1, 0.15) is 47.1 Å². The Morgan fingerprint density at radius 2 is 1.62 bits per heavy atom. The summed E-state index contributed by atoms with van der Waals surface area (Å²) in [5, 5.41) is 2.29. The highest BCUT2D eigenvalue weighted by molar-refractivity contribution is 8.14. The Balaban J connectivity index is 2.16. The van der Waals surface area contributed by atoms with Gasteiger partial charge in [-0.05, 0) is 34.9 Å². The molecule has 0 aliphatic heterocycles. The van der Waals surface area contributed by atoms with Gasteiger partial charge in [-0.25, -0.2) is 0 Å². The first-order valence-corrected chi connectivity index (χ1v) is 8.98. The van der Waals surface area contributed by atoms with E-state index in [4.69, 9.17) is 5.73 Å². The van der Waals surface area contributed by atoms with Gasteiger partial charge in [-0.1, -0.05) is 57.2 Å². The third-order valence-corrected chi connectivity index (χ3v) is 4.74. The zero-order valence-electron chi connectivity index (χ0n) is 15.0. The second-order valence-corrected chi connectivity index (χ2v) is 7.88. The average molecular weight is 370 g/mol. The first-order valence-electron chi connectivity index (χ1n) is 8.17. The molecule has 2 rings (SSSR count). The molecule has 3 N–H and O–H groups in total. The summed E-state index contributed by atoms with van der Waals surface area (Å²) >= 11 is 0.983. The summed E-state index contributed by atoms with van der Waals surface area (Å²) in [6.07, 6.45) is 0. The van der Waals surface area contributed by atoms with Gasteiger partial charge in [-0.2, -0.15) is 0 Å². The van der Waals surface area contributed by atoms with E-state index in [9.17, 15) is 14.4 Å². The molecule has 2 amide bonds. The molecule has 0 aromatic heterocycles. The summed E-state index contributed by atoms with van der Waals surface area (Å²) in [5.41, 5.74) is 7.10. The van der Waals surface area contributed by atoms with E-state index in [1.807, 2.05) is 12.1 Å². The second-order valence-electron chi connectivity index (χ2n) is 6.86. The van der Waals surface area contributed by atoms with E-state index >= 15 is 0 Å². The molecule has 0 fully saturated rings. The minimum Gasteiger partial charge on any atom is -0.368 e. The third kappa shape index (κ3) is 5.20. The Labute approximate surface area is 157 Å². The Morgan fingerprint density at radius 1 is 1.00 bits per heavy atom. The standard InChI is InChI=1S/C20H22N2O3S/c1-20(2,3)14-10-8-13(9-11-14)19(25)26-16-7-5-4-6-15(16)18(24)22-12-17(21)23/h4-11H,12H2,1-3H3,(H2,21,23)(H,22,24). The zero-order valence-corrected chi connectivity index (χ0v) is 15.9. The van der Waals surface area contributed by atoms with Gasteiger partial charge in [0.25, 0.3) is 5.91 Å². The van der Waals surface area contributed by atoms with Crippen LogP contribution in [-0.2, 0) is 10.2 Å². The van der Waals surface area contributed by atoms with Gasteiger partial charge in [0.1, 0.15) is 0 Å². The summed E-state index contributed by atoms with van der Waals surface area (Å²) in [4.78, 5) is 36.1. The number of carbonyl (C=O) groups excluding carboxylic acids is 3. The van der Waals surface area contributed by atoms with Crippen molar-refractivity contribution in [2.75, 3.05) is 6.54 Å². The van der Waals surface area contributed by atoms with E-state index in [1.54, 1.807) is 36.4 Å². The molecule has 0 saturated heterocycles. The number of rotatable bonds is 5. The summed E-state index contributed by atoms with van der Waals surface area (Å²) in [6.45, 7) is 6.08. The quantitative estimate of drug-likeness (QED) is 0.791. The molecular formula is C20H22N2O3S. The summed E-state index contributed by atoms with van der Waals surface area (Å²) in [6, 6.07) is 14.2. The first kappa shape index (κ1) is 19.7. The lowest BCUT2D eigenvalue weighted by atomic mass is 9.87. The average Bonchev–Trinajstić information content (AvgIpc) is 2.59. The lowest BCUT2D eigenvalue weighted by molar-refractivity contribution is -0.117. The van der Waals surface area contributed by atoms with Crippen LogP contribution < -0.4 is 11.1 Å². The Hall–Kier alpha value is -2.60.